The van der Waals surface area contributed by atoms with Crippen molar-refractivity contribution >= 4 is 22.6 Å². The third kappa shape index (κ3) is 3.61. The van der Waals surface area contributed by atoms with E-state index in [-0.39, 0.29) is 41.3 Å². The van der Waals surface area contributed by atoms with Crippen LogP contribution in [0.2, 0.25) is 0 Å². The van der Waals surface area contributed by atoms with Gasteiger partial charge in [0.15, 0.2) is 17.2 Å². The van der Waals surface area contributed by atoms with E-state index in [2.05, 4.69) is 0 Å². The van der Waals surface area contributed by atoms with Crippen molar-refractivity contribution in [3.8, 4) is 5.75 Å². The van der Waals surface area contributed by atoms with Gasteiger partial charge in [0.2, 0.25) is 5.43 Å². The number of ether oxygens (including phenoxy) is 1. The van der Waals surface area contributed by atoms with E-state index in [1.165, 1.54) is 22.8 Å². The van der Waals surface area contributed by atoms with Gasteiger partial charge in [-0.15, -0.1) is 0 Å². The number of carbonyl (C=O) groups is 1. The number of benzene rings is 1. The molecule has 8 nitrogen and oxygen atoms in total. The van der Waals surface area contributed by atoms with E-state index in [1.807, 2.05) is 0 Å². The van der Waals surface area contributed by atoms with Crippen LogP contribution in [0, 0.1) is 11.7 Å². The number of aliphatic hydroxyl groups excluding tert-OH is 1. The van der Waals surface area contributed by atoms with Crippen LogP contribution in [0.4, 0.5) is 23.2 Å². The summed E-state index contributed by atoms with van der Waals surface area (Å²) < 4.78 is 62.4. The number of carboxylic acid groups (broad SMARTS) is 1. The second kappa shape index (κ2) is 7.87. The van der Waals surface area contributed by atoms with Gasteiger partial charge < -0.3 is 29.5 Å². The van der Waals surface area contributed by atoms with Gasteiger partial charge >= 0.3 is 12.1 Å². The lowest BCUT2D eigenvalue weighted by atomic mass is 9.86. The normalized spacial score (nSPS) is 20.8. The minimum atomic E-state index is -5.09. The molecule has 33 heavy (non-hydrogen) atoms. The maximum atomic E-state index is 15.3. The molecule has 0 radical (unpaired) electrons. The van der Waals surface area contributed by atoms with E-state index in [0.29, 0.717) is 12.8 Å². The summed E-state index contributed by atoms with van der Waals surface area (Å²) >= 11 is 0. The Kier molecular flexibility index (Phi) is 5.56. The number of halogens is 4. The first kappa shape index (κ1) is 23.3. The molecule has 0 amide bonds. The molecule has 1 aliphatic heterocycles. The number of hydrogen-bond acceptors (Lipinski definition) is 6. The first-order valence-corrected chi connectivity index (χ1v) is 10.3. The van der Waals surface area contributed by atoms with E-state index in [0.717, 1.165) is 6.07 Å². The Bertz CT molecular complexity index is 1180. The molecule has 2 fully saturated rings. The predicted octanol–water partition coefficient (Wildman–Crippen LogP) is 2.29. The SMILES string of the molecule is COc1c(N2CCC(C(O)(CO)C(F)(F)F)C2)c(F)cc2c(=O)c(C(=O)O)cn(C3CC3)c12. The molecule has 1 saturated carbocycles. The number of methoxy groups -OCH3 is 1. The lowest BCUT2D eigenvalue weighted by Gasteiger charge is -2.34. The quantitative estimate of drug-likeness (QED) is 0.551. The summed E-state index contributed by atoms with van der Waals surface area (Å²) in [7, 11) is 1.22. The zero-order valence-electron chi connectivity index (χ0n) is 17.5. The standard InChI is InChI=1S/C21H22F4N2O6/c1-33-18-15-12(17(29)13(19(30)31)8-27(15)11-2-3-11)6-14(22)16(18)26-5-4-10(7-26)20(32,9-28)21(23,24)25/h6,8,10-11,28,32H,2-5,7,9H2,1H3,(H,30,31). The Balaban J connectivity index is 1.87. The van der Waals surface area contributed by atoms with Crippen molar-refractivity contribution in [3.05, 3.63) is 33.9 Å². The number of aromatic nitrogens is 1. The number of nitrogens with zero attached hydrogens (tertiary/aromatic N) is 2. The van der Waals surface area contributed by atoms with Gasteiger partial charge in [-0.1, -0.05) is 0 Å². The van der Waals surface area contributed by atoms with Gasteiger partial charge in [-0.25, -0.2) is 9.18 Å². The van der Waals surface area contributed by atoms with Crippen LogP contribution in [0.1, 0.15) is 35.7 Å². The number of pyridine rings is 1. The van der Waals surface area contributed by atoms with Gasteiger partial charge in [0.25, 0.3) is 0 Å². The van der Waals surface area contributed by atoms with Crippen LogP contribution in [0.15, 0.2) is 17.1 Å². The van der Waals surface area contributed by atoms with E-state index < -0.39 is 53.6 Å². The highest BCUT2D eigenvalue weighted by Crippen LogP contribution is 2.46. The Morgan fingerprint density at radius 3 is 2.45 bits per heavy atom. The summed E-state index contributed by atoms with van der Waals surface area (Å²) in [5, 5.41) is 28.5. The molecule has 1 aromatic heterocycles. The molecule has 2 unspecified atom stereocenters. The minimum Gasteiger partial charge on any atom is -0.492 e. The third-order valence-electron chi connectivity index (χ3n) is 6.48. The summed E-state index contributed by atoms with van der Waals surface area (Å²) in [6.07, 6.45) is -2.68. The highest BCUT2D eigenvalue weighted by Gasteiger charge is 2.59. The Morgan fingerprint density at radius 2 is 1.94 bits per heavy atom. The van der Waals surface area contributed by atoms with Crippen molar-refractivity contribution < 1.29 is 42.4 Å². The first-order valence-electron chi connectivity index (χ1n) is 10.3. The number of rotatable bonds is 6. The van der Waals surface area contributed by atoms with Gasteiger partial charge in [-0.05, 0) is 25.3 Å². The number of carboxylic acids is 1. The average molecular weight is 474 g/mol. The van der Waals surface area contributed by atoms with Crippen LogP contribution in [-0.2, 0) is 0 Å². The van der Waals surface area contributed by atoms with Crippen LogP contribution in [0.5, 0.6) is 5.75 Å². The van der Waals surface area contributed by atoms with Crippen LogP contribution >= 0.6 is 0 Å². The molecule has 2 atom stereocenters. The van der Waals surface area contributed by atoms with Crippen LogP contribution in [0.3, 0.4) is 0 Å². The molecule has 1 aliphatic carbocycles. The van der Waals surface area contributed by atoms with Gasteiger partial charge in [-0.3, -0.25) is 4.79 Å². The van der Waals surface area contributed by atoms with Crippen molar-refractivity contribution in [2.45, 2.75) is 37.1 Å². The van der Waals surface area contributed by atoms with Crippen molar-refractivity contribution in [2.24, 2.45) is 5.92 Å². The lowest BCUT2D eigenvalue weighted by molar-refractivity contribution is -0.287. The second-order valence-corrected chi connectivity index (χ2v) is 8.46. The number of alkyl halides is 3. The fourth-order valence-electron chi connectivity index (χ4n) is 4.53. The minimum absolute atomic E-state index is 0.0668. The van der Waals surface area contributed by atoms with Crippen LogP contribution in [0.25, 0.3) is 10.9 Å². The maximum absolute atomic E-state index is 15.3. The molecular weight excluding hydrogens is 452 g/mol. The van der Waals surface area contributed by atoms with E-state index in [4.69, 9.17) is 4.74 Å². The summed E-state index contributed by atoms with van der Waals surface area (Å²) in [5.41, 5.74) is -4.81. The average Bonchev–Trinajstić information content (AvgIpc) is 3.48. The van der Waals surface area contributed by atoms with E-state index in [1.54, 1.807) is 0 Å². The predicted molar refractivity (Wildman–Crippen MR) is 108 cm³/mol. The molecule has 180 valence electrons. The fourth-order valence-corrected chi connectivity index (χ4v) is 4.53. The molecule has 3 N–H and O–H groups in total. The lowest BCUT2D eigenvalue weighted by Crippen LogP contribution is -2.55. The van der Waals surface area contributed by atoms with E-state index in [9.17, 15) is 38.1 Å². The second-order valence-electron chi connectivity index (χ2n) is 8.46. The van der Waals surface area contributed by atoms with Crippen LogP contribution < -0.4 is 15.1 Å². The number of fused-ring (bicyclic) bond motifs is 1. The number of aliphatic hydroxyl groups is 2. The molecule has 12 heteroatoms. The number of aromatic carboxylic acids is 1. The molecule has 0 bridgehead atoms. The number of anilines is 1. The van der Waals surface area contributed by atoms with Crippen molar-refractivity contribution in [1.82, 2.24) is 4.57 Å². The van der Waals surface area contributed by atoms with Crippen molar-refractivity contribution in [2.75, 3.05) is 31.7 Å². The molecule has 2 aliphatic rings. The summed E-state index contributed by atoms with van der Waals surface area (Å²) in [6.45, 7) is -2.02. The molecule has 2 aromatic rings. The Morgan fingerprint density at radius 1 is 1.27 bits per heavy atom. The zero-order chi connectivity index (χ0) is 24.3. The smallest absolute Gasteiger partial charge is 0.419 e. The number of hydrogen-bond donors (Lipinski definition) is 3. The van der Waals surface area contributed by atoms with Crippen molar-refractivity contribution in [1.29, 1.82) is 0 Å². The van der Waals surface area contributed by atoms with Gasteiger partial charge in [0.1, 0.15) is 11.3 Å². The molecule has 2 heterocycles. The highest BCUT2D eigenvalue weighted by molar-refractivity contribution is 5.97. The summed E-state index contributed by atoms with van der Waals surface area (Å²) in [4.78, 5) is 25.5. The molecule has 4 rings (SSSR count). The van der Waals surface area contributed by atoms with Crippen LogP contribution in [-0.4, -0.2) is 64.4 Å². The Hall–Kier alpha value is -2.86. The summed E-state index contributed by atoms with van der Waals surface area (Å²) in [5.74, 6) is -3.97. The summed E-state index contributed by atoms with van der Waals surface area (Å²) in [6, 6.07) is 0.741. The van der Waals surface area contributed by atoms with Crippen molar-refractivity contribution in [3.63, 3.8) is 0 Å². The maximum Gasteiger partial charge on any atom is 0.419 e. The van der Waals surface area contributed by atoms with Gasteiger partial charge in [0, 0.05) is 31.2 Å². The van der Waals surface area contributed by atoms with Gasteiger partial charge in [-0.2, -0.15) is 13.2 Å². The molecule has 1 aromatic carbocycles. The monoisotopic (exact) mass is 474 g/mol. The van der Waals surface area contributed by atoms with Gasteiger partial charge in [0.05, 0.1) is 24.6 Å². The first-order chi connectivity index (χ1) is 15.4. The molecule has 1 saturated heterocycles. The Labute approximate surface area is 184 Å². The largest absolute Gasteiger partial charge is 0.492 e. The van der Waals surface area contributed by atoms with E-state index >= 15 is 4.39 Å². The third-order valence-corrected chi connectivity index (χ3v) is 6.48. The molecule has 0 spiro atoms. The molecular formula is C21H22F4N2O6. The fraction of sp³-hybridized carbons (Fsp3) is 0.524. The highest BCUT2D eigenvalue weighted by atomic mass is 19.4. The zero-order valence-corrected chi connectivity index (χ0v) is 17.5. The topological polar surface area (TPSA) is 112 Å².